The molecule has 0 spiro atoms. The Bertz CT molecular complexity index is 930. The van der Waals surface area contributed by atoms with Crippen molar-refractivity contribution in [2.45, 2.75) is 11.3 Å². The Morgan fingerprint density at radius 3 is 2.32 bits per heavy atom. The smallest absolute Gasteiger partial charge is 0.406 e. The van der Waals surface area contributed by atoms with Crippen LogP contribution >= 0.6 is 11.6 Å². The molecule has 0 atom stereocenters. The van der Waals surface area contributed by atoms with Gasteiger partial charge in [-0.3, -0.25) is 4.72 Å². The SMILES string of the molecule is O=S(=O)(Nc1cccc(Cl)c1N1CCOCC1)c1ccc(OC(F)(F)F)cc1. The minimum atomic E-state index is -4.85. The van der Waals surface area contributed by atoms with E-state index >= 15 is 0 Å². The highest BCUT2D eigenvalue weighted by Crippen LogP contribution is 2.36. The number of morpholine rings is 1. The molecule has 0 amide bonds. The monoisotopic (exact) mass is 436 g/mol. The third kappa shape index (κ3) is 5.00. The maximum Gasteiger partial charge on any atom is 0.573 e. The maximum absolute atomic E-state index is 12.7. The summed E-state index contributed by atoms with van der Waals surface area (Å²) in [4.78, 5) is 1.69. The van der Waals surface area contributed by atoms with Gasteiger partial charge in [-0.2, -0.15) is 0 Å². The summed E-state index contributed by atoms with van der Waals surface area (Å²) in [5.74, 6) is -0.511. The van der Waals surface area contributed by atoms with E-state index < -0.39 is 22.1 Å². The summed E-state index contributed by atoms with van der Waals surface area (Å²) in [6.07, 6.45) is -4.85. The fraction of sp³-hybridized carbons (Fsp3) is 0.294. The molecule has 0 aromatic heterocycles. The third-order valence-corrected chi connectivity index (χ3v) is 5.61. The molecule has 0 radical (unpaired) electrons. The topological polar surface area (TPSA) is 67.9 Å². The molecule has 0 aliphatic carbocycles. The van der Waals surface area contributed by atoms with Crippen molar-refractivity contribution in [3.8, 4) is 5.75 Å². The van der Waals surface area contributed by atoms with E-state index in [2.05, 4.69) is 9.46 Å². The van der Waals surface area contributed by atoms with E-state index in [0.717, 1.165) is 24.3 Å². The van der Waals surface area contributed by atoms with Crippen molar-refractivity contribution in [2.75, 3.05) is 35.9 Å². The number of nitrogens with zero attached hydrogens (tertiary/aromatic N) is 1. The van der Waals surface area contributed by atoms with Gasteiger partial charge in [0.15, 0.2) is 0 Å². The first-order chi connectivity index (χ1) is 13.2. The summed E-state index contributed by atoms with van der Waals surface area (Å²) in [7, 11) is -4.06. The van der Waals surface area contributed by atoms with Gasteiger partial charge in [0.25, 0.3) is 10.0 Å². The molecule has 1 N–H and O–H groups in total. The normalized spacial score (nSPS) is 15.4. The van der Waals surface area contributed by atoms with Gasteiger partial charge in [0, 0.05) is 13.1 Å². The van der Waals surface area contributed by atoms with Gasteiger partial charge < -0.3 is 14.4 Å². The molecule has 2 aromatic rings. The Kier molecular flexibility index (Phi) is 5.92. The minimum absolute atomic E-state index is 0.213. The van der Waals surface area contributed by atoms with E-state index in [-0.39, 0.29) is 10.6 Å². The first-order valence-corrected chi connectivity index (χ1v) is 10.0. The predicted octanol–water partition coefficient (Wildman–Crippen LogP) is 3.88. The van der Waals surface area contributed by atoms with E-state index in [4.69, 9.17) is 16.3 Å². The van der Waals surface area contributed by atoms with Gasteiger partial charge in [-0.15, -0.1) is 13.2 Å². The Hall–Kier alpha value is -2.17. The van der Waals surface area contributed by atoms with Crippen LogP contribution in [0.1, 0.15) is 0 Å². The van der Waals surface area contributed by atoms with E-state index in [1.807, 2.05) is 4.90 Å². The molecule has 6 nitrogen and oxygen atoms in total. The second kappa shape index (κ2) is 8.06. The largest absolute Gasteiger partial charge is 0.573 e. The van der Waals surface area contributed by atoms with Crippen molar-refractivity contribution in [3.05, 3.63) is 47.5 Å². The van der Waals surface area contributed by atoms with E-state index in [1.165, 1.54) is 0 Å². The Labute approximate surface area is 164 Å². The van der Waals surface area contributed by atoms with E-state index in [0.29, 0.717) is 37.0 Å². The molecule has 0 saturated carbocycles. The molecule has 1 heterocycles. The lowest BCUT2D eigenvalue weighted by molar-refractivity contribution is -0.274. The summed E-state index contributed by atoms with van der Waals surface area (Å²) in [6, 6.07) is 8.74. The van der Waals surface area contributed by atoms with Crippen LogP contribution in [0, 0.1) is 0 Å². The second-order valence-corrected chi connectivity index (χ2v) is 7.95. The van der Waals surface area contributed by atoms with Gasteiger partial charge in [0.1, 0.15) is 5.75 Å². The fourth-order valence-electron chi connectivity index (χ4n) is 2.73. The van der Waals surface area contributed by atoms with Crippen LogP contribution in [0.15, 0.2) is 47.4 Å². The first-order valence-electron chi connectivity index (χ1n) is 8.15. The number of alkyl halides is 3. The van der Waals surface area contributed by atoms with E-state index in [9.17, 15) is 21.6 Å². The summed E-state index contributed by atoms with van der Waals surface area (Å²) < 4.78 is 73.6. The third-order valence-electron chi connectivity index (χ3n) is 3.93. The molecule has 0 bridgehead atoms. The number of benzene rings is 2. The number of anilines is 2. The summed E-state index contributed by atoms with van der Waals surface area (Å²) in [5, 5.41) is 0.371. The predicted molar refractivity (Wildman–Crippen MR) is 98.4 cm³/mol. The fourth-order valence-corrected chi connectivity index (χ4v) is 4.09. The molecule has 0 unspecified atom stereocenters. The Morgan fingerprint density at radius 1 is 1.07 bits per heavy atom. The number of nitrogens with one attached hydrogen (secondary N) is 1. The lowest BCUT2D eigenvalue weighted by Crippen LogP contribution is -2.37. The zero-order valence-corrected chi connectivity index (χ0v) is 15.9. The number of para-hydroxylation sites is 1. The molecule has 3 rings (SSSR count). The zero-order valence-electron chi connectivity index (χ0n) is 14.4. The number of ether oxygens (including phenoxy) is 2. The average molecular weight is 437 g/mol. The van der Waals surface area contributed by atoms with Crippen molar-refractivity contribution < 1.29 is 31.1 Å². The van der Waals surface area contributed by atoms with Gasteiger partial charge in [-0.05, 0) is 36.4 Å². The van der Waals surface area contributed by atoms with Crippen molar-refractivity contribution in [3.63, 3.8) is 0 Å². The molecule has 1 aliphatic heterocycles. The van der Waals surface area contributed by atoms with Gasteiger partial charge in [0.2, 0.25) is 0 Å². The molecular formula is C17H16ClF3N2O4S. The highest BCUT2D eigenvalue weighted by Gasteiger charge is 2.31. The average Bonchev–Trinajstić information content (AvgIpc) is 2.61. The highest BCUT2D eigenvalue weighted by molar-refractivity contribution is 7.92. The van der Waals surface area contributed by atoms with Crippen LogP contribution in [-0.4, -0.2) is 41.1 Å². The molecule has 1 aliphatic rings. The van der Waals surface area contributed by atoms with Crippen molar-refractivity contribution in [1.82, 2.24) is 0 Å². The molecular weight excluding hydrogens is 421 g/mol. The van der Waals surface area contributed by atoms with Crippen LogP contribution in [-0.2, 0) is 14.8 Å². The van der Waals surface area contributed by atoms with Crippen LogP contribution in [0.25, 0.3) is 0 Å². The van der Waals surface area contributed by atoms with Gasteiger partial charge in [0.05, 0.1) is 34.5 Å². The molecule has 28 heavy (non-hydrogen) atoms. The van der Waals surface area contributed by atoms with Crippen LogP contribution in [0.3, 0.4) is 0 Å². The van der Waals surface area contributed by atoms with E-state index in [1.54, 1.807) is 18.2 Å². The van der Waals surface area contributed by atoms with Crippen LogP contribution in [0.2, 0.25) is 5.02 Å². The summed E-state index contributed by atoms with van der Waals surface area (Å²) in [5.41, 5.74) is 0.790. The van der Waals surface area contributed by atoms with Crippen LogP contribution in [0.5, 0.6) is 5.75 Å². The standard InChI is InChI=1S/C17H16ClF3N2O4S/c18-14-2-1-3-15(16(14)23-8-10-26-11-9-23)22-28(24,25)13-6-4-12(5-7-13)27-17(19,20)21/h1-7,22H,8-11H2. The van der Waals surface area contributed by atoms with Crippen molar-refractivity contribution in [2.24, 2.45) is 0 Å². The van der Waals surface area contributed by atoms with Gasteiger partial charge in [-0.1, -0.05) is 17.7 Å². The summed E-state index contributed by atoms with van der Waals surface area (Å²) in [6.45, 7) is 2.06. The minimum Gasteiger partial charge on any atom is -0.406 e. The number of hydrogen-bond donors (Lipinski definition) is 1. The van der Waals surface area contributed by atoms with Crippen LogP contribution < -0.4 is 14.4 Å². The van der Waals surface area contributed by atoms with Crippen molar-refractivity contribution in [1.29, 1.82) is 0 Å². The molecule has 1 saturated heterocycles. The highest BCUT2D eigenvalue weighted by atomic mass is 35.5. The van der Waals surface area contributed by atoms with Crippen LogP contribution in [0.4, 0.5) is 24.5 Å². The zero-order chi connectivity index (χ0) is 20.4. The maximum atomic E-state index is 12.7. The molecule has 1 fully saturated rings. The first kappa shape index (κ1) is 20.6. The number of rotatable bonds is 5. The quantitative estimate of drug-likeness (QED) is 0.770. The molecule has 11 heteroatoms. The Balaban J connectivity index is 1.85. The lowest BCUT2D eigenvalue weighted by atomic mass is 10.2. The molecule has 2 aromatic carbocycles. The van der Waals surface area contributed by atoms with Gasteiger partial charge in [-0.25, -0.2) is 8.42 Å². The van der Waals surface area contributed by atoms with Gasteiger partial charge >= 0.3 is 6.36 Å². The second-order valence-electron chi connectivity index (χ2n) is 5.86. The number of halogens is 4. The lowest BCUT2D eigenvalue weighted by Gasteiger charge is -2.31. The Morgan fingerprint density at radius 2 is 1.71 bits per heavy atom. The van der Waals surface area contributed by atoms with Crippen molar-refractivity contribution >= 4 is 33.0 Å². The summed E-state index contributed by atoms with van der Waals surface area (Å²) >= 11 is 6.28. The molecule has 152 valence electrons. The number of sulfonamides is 1. The number of hydrogen-bond acceptors (Lipinski definition) is 5.